The summed E-state index contributed by atoms with van der Waals surface area (Å²) >= 11 is 9.06. The lowest BCUT2D eigenvalue weighted by Gasteiger charge is -2.10. The number of aromatic nitrogens is 1. The number of nitrogens with one attached hydrogen (secondary N) is 1. The van der Waals surface area contributed by atoms with E-state index in [0.717, 1.165) is 17.0 Å². The van der Waals surface area contributed by atoms with Crippen molar-refractivity contribution in [2.24, 2.45) is 0 Å². The van der Waals surface area contributed by atoms with E-state index in [1.54, 1.807) is 16.8 Å². The van der Waals surface area contributed by atoms with E-state index in [4.69, 9.17) is 11.6 Å². The maximum absolute atomic E-state index is 13.7. The van der Waals surface area contributed by atoms with Crippen molar-refractivity contribution in [3.8, 4) is 0 Å². The molecule has 0 saturated heterocycles. The fourth-order valence-corrected chi connectivity index (χ4v) is 2.64. The first-order valence-electron chi connectivity index (χ1n) is 6.24. The number of aryl methyl sites for hydroxylation is 1. The van der Waals surface area contributed by atoms with Crippen molar-refractivity contribution in [3.63, 3.8) is 0 Å². The molecule has 1 heterocycles. The molecule has 0 bridgehead atoms. The summed E-state index contributed by atoms with van der Waals surface area (Å²) in [6.45, 7) is 2.63. The summed E-state index contributed by atoms with van der Waals surface area (Å²) in [5.74, 6) is -2.23. The van der Waals surface area contributed by atoms with Crippen LogP contribution >= 0.6 is 27.5 Å². The van der Waals surface area contributed by atoms with Gasteiger partial charge in [0.1, 0.15) is 11.5 Å². The van der Waals surface area contributed by atoms with Gasteiger partial charge >= 0.3 is 0 Å². The van der Waals surface area contributed by atoms with Gasteiger partial charge in [0.2, 0.25) is 0 Å². The minimum Gasteiger partial charge on any atom is -0.342 e. The zero-order valence-electron chi connectivity index (χ0n) is 11.1. The molecular weight excluding hydrogens is 366 g/mol. The van der Waals surface area contributed by atoms with Crippen LogP contribution in [0.3, 0.4) is 0 Å². The average Bonchev–Trinajstić information content (AvgIpc) is 2.75. The highest BCUT2D eigenvalue weighted by atomic mass is 79.9. The molecule has 0 aliphatic rings. The number of hydrogen-bond donors (Lipinski definition) is 1. The Morgan fingerprint density at radius 3 is 2.71 bits per heavy atom. The maximum Gasteiger partial charge on any atom is 0.272 e. The summed E-state index contributed by atoms with van der Waals surface area (Å²) < 4.78 is 29.2. The van der Waals surface area contributed by atoms with Crippen LogP contribution in [0.2, 0.25) is 5.02 Å². The highest BCUT2D eigenvalue weighted by Gasteiger charge is 2.17. The normalized spacial score (nSPS) is 10.7. The molecule has 0 aliphatic heterocycles. The average molecular weight is 378 g/mol. The number of nitrogens with zero attached hydrogens (tertiary/aromatic N) is 1. The number of carbonyl (C=O) groups is 1. The van der Waals surface area contributed by atoms with Gasteiger partial charge in [-0.15, -0.1) is 0 Å². The molecule has 2 aromatic rings. The Morgan fingerprint density at radius 2 is 2.10 bits per heavy atom. The Balaban J connectivity index is 2.30. The predicted molar refractivity (Wildman–Crippen MR) is 81.7 cm³/mol. The van der Waals surface area contributed by atoms with Crippen molar-refractivity contribution >= 4 is 39.1 Å². The molecular formula is C14H12BrClF2N2O. The molecule has 0 radical (unpaired) electrons. The van der Waals surface area contributed by atoms with Crippen molar-refractivity contribution in [1.82, 2.24) is 4.57 Å². The van der Waals surface area contributed by atoms with Crippen LogP contribution in [0.5, 0.6) is 0 Å². The summed E-state index contributed by atoms with van der Waals surface area (Å²) in [4.78, 5) is 12.2. The molecule has 1 N–H and O–H groups in total. The molecule has 0 fully saturated rings. The molecule has 1 amide bonds. The molecule has 1 aromatic heterocycles. The van der Waals surface area contributed by atoms with Gasteiger partial charge in [-0.05, 0) is 34.5 Å². The second kappa shape index (κ2) is 6.58. The molecule has 0 unspecified atom stereocenters. The van der Waals surface area contributed by atoms with E-state index in [2.05, 4.69) is 21.2 Å². The molecule has 0 spiro atoms. The third-order valence-electron chi connectivity index (χ3n) is 2.81. The van der Waals surface area contributed by atoms with Gasteiger partial charge < -0.3 is 9.88 Å². The molecule has 0 saturated carbocycles. The second-order valence-electron chi connectivity index (χ2n) is 4.44. The first kappa shape index (κ1) is 16.0. The minimum absolute atomic E-state index is 0.187. The van der Waals surface area contributed by atoms with Gasteiger partial charge in [-0.2, -0.15) is 0 Å². The number of benzene rings is 1. The van der Waals surface area contributed by atoms with E-state index < -0.39 is 17.5 Å². The van der Waals surface area contributed by atoms with Crippen molar-refractivity contribution in [2.45, 2.75) is 19.9 Å². The van der Waals surface area contributed by atoms with Crippen LogP contribution in [0.15, 0.2) is 28.9 Å². The number of rotatable bonds is 4. The maximum atomic E-state index is 13.7. The van der Waals surface area contributed by atoms with Gasteiger partial charge in [0, 0.05) is 23.3 Å². The third kappa shape index (κ3) is 3.63. The predicted octanol–water partition coefficient (Wildman–Crippen LogP) is 4.84. The molecule has 2 rings (SSSR count). The zero-order chi connectivity index (χ0) is 15.6. The Labute approximate surface area is 134 Å². The van der Waals surface area contributed by atoms with E-state index in [1.807, 2.05) is 6.92 Å². The number of anilines is 1. The molecule has 7 heteroatoms. The van der Waals surface area contributed by atoms with Gasteiger partial charge in [0.15, 0.2) is 5.82 Å². The number of halogens is 4. The molecule has 112 valence electrons. The first-order chi connectivity index (χ1) is 9.92. The minimum atomic E-state index is -0.916. The fourth-order valence-electron chi connectivity index (χ4n) is 1.93. The van der Waals surface area contributed by atoms with E-state index in [1.165, 1.54) is 0 Å². The lowest BCUT2D eigenvalue weighted by molar-refractivity contribution is 0.101. The van der Waals surface area contributed by atoms with Gasteiger partial charge in [0.05, 0.1) is 10.7 Å². The Bertz CT molecular complexity index is 665. The van der Waals surface area contributed by atoms with Crippen LogP contribution < -0.4 is 5.32 Å². The number of carbonyl (C=O) groups excluding carboxylic acids is 1. The van der Waals surface area contributed by atoms with Crippen LogP contribution in [-0.2, 0) is 6.54 Å². The van der Waals surface area contributed by atoms with Gasteiger partial charge in [-0.1, -0.05) is 18.5 Å². The molecule has 1 aromatic carbocycles. The van der Waals surface area contributed by atoms with E-state index in [0.29, 0.717) is 18.3 Å². The summed E-state index contributed by atoms with van der Waals surface area (Å²) in [5.41, 5.74) is 0.131. The topological polar surface area (TPSA) is 34.0 Å². The van der Waals surface area contributed by atoms with E-state index in [9.17, 15) is 13.6 Å². The molecule has 3 nitrogen and oxygen atoms in total. The third-order valence-corrected chi connectivity index (χ3v) is 3.54. The van der Waals surface area contributed by atoms with Crippen LogP contribution in [0, 0.1) is 11.6 Å². The molecule has 0 aliphatic carbocycles. The Kier molecular flexibility index (Phi) is 5.00. The SMILES string of the molecule is CCCn1cc(Br)cc1C(=O)Nc1c(F)cc(F)cc1Cl. The summed E-state index contributed by atoms with van der Waals surface area (Å²) in [6.07, 6.45) is 2.61. The number of hydrogen-bond acceptors (Lipinski definition) is 1. The quantitative estimate of drug-likeness (QED) is 0.812. The highest BCUT2D eigenvalue weighted by molar-refractivity contribution is 9.10. The highest BCUT2D eigenvalue weighted by Crippen LogP contribution is 2.27. The van der Waals surface area contributed by atoms with Crippen LogP contribution in [0.4, 0.5) is 14.5 Å². The zero-order valence-corrected chi connectivity index (χ0v) is 13.4. The van der Waals surface area contributed by atoms with Crippen LogP contribution in [0.25, 0.3) is 0 Å². The fraction of sp³-hybridized carbons (Fsp3) is 0.214. The monoisotopic (exact) mass is 376 g/mol. The lowest BCUT2D eigenvalue weighted by Crippen LogP contribution is -2.18. The van der Waals surface area contributed by atoms with Crippen LogP contribution in [-0.4, -0.2) is 10.5 Å². The molecule has 21 heavy (non-hydrogen) atoms. The summed E-state index contributed by atoms with van der Waals surface area (Å²) in [5, 5.41) is 2.19. The Hall–Kier alpha value is -1.40. The van der Waals surface area contributed by atoms with E-state index in [-0.39, 0.29) is 10.7 Å². The Morgan fingerprint density at radius 1 is 1.38 bits per heavy atom. The van der Waals surface area contributed by atoms with E-state index >= 15 is 0 Å². The van der Waals surface area contributed by atoms with Crippen molar-refractivity contribution < 1.29 is 13.6 Å². The number of amides is 1. The van der Waals surface area contributed by atoms with Gasteiger partial charge in [-0.3, -0.25) is 4.79 Å². The molecule has 0 atom stereocenters. The van der Waals surface area contributed by atoms with Gasteiger partial charge in [0.25, 0.3) is 5.91 Å². The second-order valence-corrected chi connectivity index (χ2v) is 5.76. The van der Waals surface area contributed by atoms with Crippen LogP contribution in [0.1, 0.15) is 23.8 Å². The largest absolute Gasteiger partial charge is 0.342 e. The summed E-state index contributed by atoms with van der Waals surface area (Å²) in [7, 11) is 0. The van der Waals surface area contributed by atoms with Crippen molar-refractivity contribution in [2.75, 3.05) is 5.32 Å². The standard InChI is InChI=1S/C14H12BrClF2N2O/c1-2-3-20-7-8(15)4-12(20)14(21)19-13-10(16)5-9(17)6-11(13)18/h4-7H,2-3H2,1H3,(H,19,21). The van der Waals surface area contributed by atoms with Gasteiger partial charge in [-0.25, -0.2) is 8.78 Å². The lowest BCUT2D eigenvalue weighted by atomic mass is 10.2. The summed E-state index contributed by atoms with van der Waals surface area (Å²) in [6, 6.07) is 3.24. The van der Waals surface area contributed by atoms with Crippen molar-refractivity contribution in [1.29, 1.82) is 0 Å². The smallest absolute Gasteiger partial charge is 0.272 e. The first-order valence-corrected chi connectivity index (χ1v) is 7.41. The van der Waals surface area contributed by atoms with Crippen molar-refractivity contribution in [3.05, 3.63) is 51.2 Å².